The number of nitrogens with zero attached hydrogens (tertiary/aromatic N) is 1. The molecule has 0 bridgehead atoms. The topological polar surface area (TPSA) is 147 Å². The summed E-state index contributed by atoms with van der Waals surface area (Å²) in [7, 11) is -3.70. The number of nitro groups is 1. The van der Waals surface area contributed by atoms with Gasteiger partial charge in [0, 0.05) is 52.1 Å². The Balaban J connectivity index is 0.000000792. The first-order valence-corrected chi connectivity index (χ1v) is 18.8. The van der Waals surface area contributed by atoms with E-state index in [9.17, 15) is 32.9 Å². The van der Waals surface area contributed by atoms with Gasteiger partial charge in [-0.2, -0.15) is 0 Å². The zero-order chi connectivity index (χ0) is 29.3. The van der Waals surface area contributed by atoms with E-state index >= 15 is 0 Å². The van der Waals surface area contributed by atoms with Gasteiger partial charge in [0.1, 0.15) is 5.92 Å². The average Bonchev–Trinajstić information content (AvgIpc) is 2.77. The molecule has 2 rings (SSSR count). The third-order valence-electron chi connectivity index (χ3n) is 4.89. The zero-order valence-corrected chi connectivity index (χ0v) is 27.7. The average molecular weight is 691 g/mol. The van der Waals surface area contributed by atoms with Crippen LogP contribution in [0.3, 0.4) is 0 Å². The van der Waals surface area contributed by atoms with Gasteiger partial charge in [0.05, 0.1) is 28.6 Å². The minimum absolute atomic E-state index is 0. The normalized spacial score (nSPS) is 14.7. The monoisotopic (exact) mass is 690 g/mol. The van der Waals surface area contributed by atoms with Gasteiger partial charge in [0.25, 0.3) is 5.69 Å². The Labute approximate surface area is 254 Å². The predicted molar refractivity (Wildman–Crippen MR) is 155 cm³/mol. The van der Waals surface area contributed by atoms with Crippen molar-refractivity contribution in [1.29, 1.82) is 0 Å². The summed E-state index contributed by atoms with van der Waals surface area (Å²) in [5.41, 5.74) is -3.24. The second-order valence-electron chi connectivity index (χ2n) is 9.08. The fourth-order valence-corrected chi connectivity index (χ4v) is 11.3. The van der Waals surface area contributed by atoms with Crippen LogP contribution in [0.4, 0.5) is 5.69 Å². The van der Waals surface area contributed by atoms with E-state index in [4.69, 9.17) is 20.9 Å². The molecule has 39 heavy (non-hydrogen) atoms. The van der Waals surface area contributed by atoms with Gasteiger partial charge >= 0.3 is 0 Å². The summed E-state index contributed by atoms with van der Waals surface area (Å²) in [6.07, 6.45) is 1.37. The van der Waals surface area contributed by atoms with E-state index in [0.717, 1.165) is 29.5 Å². The standard InChI is InChI=1S/C14H13NO7S.C9H21O2PS3.Cu/c1-23(21,22)8-5-6-9(10(7-8)15(19)20)14(18)13-11(16)3-2-4-12(13)17;1-6-10-12(13,11-7-2)15-8-14-9(3,4)5;/h5-7,13H,2-4H2,1H3;6-8H2,1-5H3;. The molecule has 1 aromatic rings. The van der Waals surface area contributed by atoms with Crippen molar-refractivity contribution in [3.8, 4) is 0 Å². The molecule has 1 aliphatic rings. The summed E-state index contributed by atoms with van der Waals surface area (Å²) in [6, 6.07) is 2.79. The van der Waals surface area contributed by atoms with E-state index in [1.54, 1.807) is 11.4 Å². The summed E-state index contributed by atoms with van der Waals surface area (Å²) < 4.78 is 34.3. The van der Waals surface area contributed by atoms with E-state index < -0.39 is 55.0 Å². The molecule has 1 saturated carbocycles. The Bertz CT molecular complexity index is 1180. The summed E-state index contributed by atoms with van der Waals surface area (Å²) >= 11 is 8.93. The van der Waals surface area contributed by atoms with Crippen molar-refractivity contribution in [2.75, 3.05) is 24.6 Å². The van der Waals surface area contributed by atoms with Gasteiger partial charge < -0.3 is 9.05 Å². The number of ketones is 3. The summed E-state index contributed by atoms with van der Waals surface area (Å²) in [5, 5.41) is 12.1. The molecule has 0 saturated heterocycles. The van der Waals surface area contributed by atoms with Crippen LogP contribution in [0.2, 0.25) is 0 Å². The number of carbonyl (C=O) groups excluding carboxylic acids is 3. The summed E-state index contributed by atoms with van der Waals surface area (Å²) in [5.74, 6) is -3.61. The maximum atomic E-state index is 12.4. The molecule has 0 amide bonds. The van der Waals surface area contributed by atoms with Crippen molar-refractivity contribution in [3.05, 3.63) is 33.9 Å². The largest absolute Gasteiger partial charge is 0.322 e. The van der Waals surface area contributed by atoms with Gasteiger partial charge in [-0.15, -0.1) is 11.8 Å². The molecule has 0 aromatic heterocycles. The van der Waals surface area contributed by atoms with E-state index in [-0.39, 0.29) is 39.6 Å². The van der Waals surface area contributed by atoms with Gasteiger partial charge in [0.15, 0.2) is 27.2 Å². The van der Waals surface area contributed by atoms with Crippen LogP contribution in [0.25, 0.3) is 0 Å². The zero-order valence-electron chi connectivity index (χ0n) is 22.6. The second kappa shape index (κ2) is 16.7. The molecule has 0 spiro atoms. The minimum Gasteiger partial charge on any atom is -0.322 e. The molecular weight excluding hydrogens is 657 g/mol. The Morgan fingerprint density at radius 2 is 1.67 bits per heavy atom. The fourth-order valence-electron chi connectivity index (χ4n) is 3.15. The molecule has 0 aliphatic heterocycles. The van der Waals surface area contributed by atoms with Crippen LogP contribution in [-0.4, -0.2) is 60.0 Å². The molecule has 0 atom stereocenters. The Hall–Kier alpha value is -0.631. The van der Waals surface area contributed by atoms with Gasteiger partial charge in [0.2, 0.25) is 5.69 Å². The van der Waals surface area contributed by atoms with Gasteiger partial charge in [-0.25, -0.2) is 8.42 Å². The smallest absolute Gasteiger partial charge is 0.281 e. The van der Waals surface area contributed by atoms with E-state index in [0.29, 0.717) is 19.6 Å². The number of rotatable bonds is 11. The summed E-state index contributed by atoms with van der Waals surface area (Å²) in [4.78, 5) is 46.0. The maximum Gasteiger partial charge on any atom is 0.281 e. The van der Waals surface area contributed by atoms with Crippen LogP contribution < -0.4 is 0 Å². The number of nitro benzene ring substituents is 1. The quantitative estimate of drug-likeness (QED) is 0.0540. The van der Waals surface area contributed by atoms with E-state index in [1.807, 2.05) is 25.6 Å². The minimum atomic E-state index is -3.70. The Morgan fingerprint density at radius 3 is 2.08 bits per heavy atom. The van der Waals surface area contributed by atoms with Crippen LogP contribution in [0, 0.1) is 16.0 Å². The van der Waals surface area contributed by atoms with E-state index in [1.165, 1.54) is 0 Å². The van der Waals surface area contributed by atoms with Crippen molar-refractivity contribution < 1.29 is 53.8 Å². The molecule has 1 radical (unpaired) electrons. The SMILES string of the molecule is CCOP(=S)(OCC)SCSC(C)(C)C.CS(=O)(=O)c1ccc(C(=O)C2C(=O)CCCC2=O)c([N+](=O)[O-])c1.[Cu]. The number of Topliss-reactive ketones (excluding diaryl/α,β-unsaturated/α-hetero) is 3. The van der Waals surface area contributed by atoms with Crippen molar-refractivity contribution in [2.45, 2.75) is 63.5 Å². The van der Waals surface area contributed by atoms with Gasteiger partial charge in [-0.1, -0.05) is 32.2 Å². The molecule has 1 fully saturated rings. The van der Waals surface area contributed by atoms with Crippen LogP contribution in [0.15, 0.2) is 23.1 Å². The Kier molecular flexibility index (Phi) is 16.5. The first-order chi connectivity index (χ1) is 17.5. The first kappa shape index (κ1) is 38.4. The summed E-state index contributed by atoms with van der Waals surface area (Å²) in [6.45, 7) is 11.8. The third-order valence-corrected chi connectivity index (χ3v) is 13.3. The number of sulfone groups is 1. The molecule has 225 valence electrons. The number of thioether (sulfide) groups is 1. The van der Waals surface area contributed by atoms with Crippen molar-refractivity contribution >= 4 is 73.5 Å². The van der Waals surface area contributed by atoms with Crippen molar-refractivity contribution in [3.63, 3.8) is 0 Å². The van der Waals surface area contributed by atoms with Crippen LogP contribution in [0.5, 0.6) is 0 Å². The molecule has 1 aromatic carbocycles. The number of carbonyl (C=O) groups is 3. The Morgan fingerprint density at radius 1 is 1.15 bits per heavy atom. The van der Waals surface area contributed by atoms with Crippen molar-refractivity contribution in [1.82, 2.24) is 0 Å². The van der Waals surface area contributed by atoms with Crippen LogP contribution in [0.1, 0.15) is 64.2 Å². The number of hydrogen-bond donors (Lipinski definition) is 0. The second-order valence-corrected chi connectivity index (χ2v) is 19.6. The molecule has 16 heteroatoms. The molecule has 1 aliphatic carbocycles. The fraction of sp³-hybridized carbons (Fsp3) is 0.609. The predicted octanol–water partition coefficient (Wildman–Crippen LogP) is 5.62. The van der Waals surface area contributed by atoms with E-state index in [2.05, 4.69) is 20.8 Å². The number of benzene rings is 1. The molecule has 10 nitrogen and oxygen atoms in total. The third kappa shape index (κ3) is 12.8. The van der Waals surface area contributed by atoms with Crippen molar-refractivity contribution in [2.24, 2.45) is 5.92 Å². The molecule has 0 N–H and O–H groups in total. The van der Waals surface area contributed by atoms with Gasteiger partial charge in [-0.05, 0) is 44.2 Å². The van der Waals surface area contributed by atoms with Crippen LogP contribution in [-0.2, 0) is 57.3 Å². The first-order valence-electron chi connectivity index (χ1n) is 11.7. The van der Waals surface area contributed by atoms with Gasteiger partial charge in [-0.3, -0.25) is 24.5 Å². The maximum absolute atomic E-state index is 12.4. The molecule has 0 heterocycles. The molecular formula is C23H34CuNO9PS4. The van der Waals surface area contributed by atoms with Crippen LogP contribution >= 0.6 is 28.8 Å². The number of hydrogen-bond acceptors (Lipinski definition) is 12. The molecule has 0 unspecified atom stereocenters.